The molecule has 8 heteroatoms. The van der Waals surface area contributed by atoms with Crippen LogP contribution in [-0.4, -0.2) is 70.3 Å². The number of carbonyl (C=O) groups excluding carboxylic acids is 1. The van der Waals surface area contributed by atoms with Gasteiger partial charge in [0.25, 0.3) is 0 Å². The van der Waals surface area contributed by atoms with Crippen LogP contribution in [0.2, 0.25) is 0 Å². The number of anilines is 1. The van der Waals surface area contributed by atoms with Gasteiger partial charge in [0.05, 0.1) is 18.8 Å². The van der Waals surface area contributed by atoms with Gasteiger partial charge in [0, 0.05) is 5.69 Å². The van der Waals surface area contributed by atoms with E-state index in [2.05, 4.69) is 5.32 Å². The van der Waals surface area contributed by atoms with Crippen LogP contribution in [0, 0.1) is 0 Å². The summed E-state index contributed by atoms with van der Waals surface area (Å²) in [6, 6.07) is 6.27. The predicted molar refractivity (Wildman–Crippen MR) is 79.8 cm³/mol. The van der Waals surface area contributed by atoms with E-state index in [1.165, 1.54) is 0 Å². The lowest BCUT2D eigenvalue weighted by atomic mass is 9.98. The van der Waals surface area contributed by atoms with Gasteiger partial charge in [-0.3, -0.25) is 0 Å². The highest BCUT2D eigenvalue weighted by Gasteiger charge is 2.43. The molecule has 0 bridgehead atoms. The van der Waals surface area contributed by atoms with E-state index in [1.54, 1.807) is 31.2 Å². The van der Waals surface area contributed by atoms with Crippen molar-refractivity contribution in [2.24, 2.45) is 0 Å². The van der Waals surface area contributed by atoms with Crippen molar-refractivity contribution in [2.45, 2.75) is 37.6 Å². The minimum atomic E-state index is -1.45. The number of hydrogen-bond acceptors (Lipinski definition) is 8. The zero-order chi connectivity index (χ0) is 17.0. The second-order valence-corrected chi connectivity index (χ2v) is 5.19. The maximum absolute atomic E-state index is 11.6. The summed E-state index contributed by atoms with van der Waals surface area (Å²) in [7, 11) is 0. The fourth-order valence-corrected chi connectivity index (χ4v) is 2.30. The van der Waals surface area contributed by atoms with Crippen molar-refractivity contribution in [3.63, 3.8) is 0 Å². The Hall–Kier alpha value is -1.71. The third-order valence-corrected chi connectivity index (χ3v) is 3.60. The summed E-state index contributed by atoms with van der Waals surface area (Å²) in [6.45, 7) is 1.50. The third kappa shape index (κ3) is 3.98. The van der Waals surface area contributed by atoms with Gasteiger partial charge in [-0.2, -0.15) is 0 Å². The normalized spacial score (nSPS) is 30.7. The van der Waals surface area contributed by atoms with Crippen LogP contribution >= 0.6 is 0 Å². The van der Waals surface area contributed by atoms with Gasteiger partial charge in [-0.05, 0) is 31.2 Å². The predicted octanol–water partition coefficient (Wildman–Crippen LogP) is -0.925. The Morgan fingerprint density at radius 1 is 1.17 bits per heavy atom. The van der Waals surface area contributed by atoms with E-state index >= 15 is 0 Å². The molecule has 128 valence electrons. The number of carbonyl (C=O) groups is 1. The standard InChI is InChI=1S/C15H21NO7/c1-2-22-15(21)8-3-5-9(6-4-8)16-14-13(20)12(19)11(18)10(7-17)23-14/h3-6,10-14,16-20H,2,7H2,1H3/t10-,11+,12-,13+,14+/m0/s1. The molecule has 0 radical (unpaired) electrons. The lowest BCUT2D eigenvalue weighted by molar-refractivity contribution is -0.221. The molecule has 2 rings (SSSR count). The Bertz CT molecular complexity index is 519. The molecular formula is C15H21NO7. The van der Waals surface area contributed by atoms with Crippen LogP contribution in [0.25, 0.3) is 0 Å². The van der Waals surface area contributed by atoms with Crippen molar-refractivity contribution in [1.29, 1.82) is 0 Å². The van der Waals surface area contributed by atoms with Gasteiger partial charge >= 0.3 is 5.97 Å². The highest BCUT2D eigenvalue weighted by Crippen LogP contribution is 2.23. The molecule has 0 unspecified atom stereocenters. The van der Waals surface area contributed by atoms with Crippen molar-refractivity contribution >= 4 is 11.7 Å². The van der Waals surface area contributed by atoms with E-state index in [-0.39, 0.29) is 6.61 Å². The molecule has 1 aromatic rings. The van der Waals surface area contributed by atoms with Crippen molar-refractivity contribution in [2.75, 3.05) is 18.5 Å². The van der Waals surface area contributed by atoms with Gasteiger partial charge in [-0.25, -0.2) is 4.79 Å². The second kappa shape index (κ2) is 7.71. The van der Waals surface area contributed by atoms with Crippen LogP contribution in [0.15, 0.2) is 24.3 Å². The molecule has 0 saturated carbocycles. The second-order valence-electron chi connectivity index (χ2n) is 5.19. The Kier molecular flexibility index (Phi) is 5.91. The van der Waals surface area contributed by atoms with Crippen molar-refractivity contribution in [3.8, 4) is 0 Å². The molecule has 1 aliphatic rings. The fourth-order valence-electron chi connectivity index (χ4n) is 2.30. The molecule has 0 amide bonds. The zero-order valence-electron chi connectivity index (χ0n) is 12.6. The lowest BCUT2D eigenvalue weighted by Crippen LogP contribution is -2.60. The molecule has 1 heterocycles. The maximum Gasteiger partial charge on any atom is 0.338 e. The summed E-state index contributed by atoms with van der Waals surface area (Å²) < 4.78 is 10.2. The molecular weight excluding hydrogens is 306 g/mol. The molecule has 0 aliphatic carbocycles. The van der Waals surface area contributed by atoms with Crippen LogP contribution in [0.4, 0.5) is 5.69 Å². The molecule has 0 aromatic heterocycles. The van der Waals surface area contributed by atoms with Gasteiger partial charge in [-0.1, -0.05) is 0 Å². The summed E-state index contributed by atoms with van der Waals surface area (Å²) in [6.07, 6.45) is -6.22. The number of hydrogen-bond donors (Lipinski definition) is 5. The van der Waals surface area contributed by atoms with E-state index in [0.29, 0.717) is 11.3 Å². The van der Waals surface area contributed by atoms with Gasteiger partial charge in [-0.15, -0.1) is 0 Å². The number of nitrogens with one attached hydrogen (secondary N) is 1. The van der Waals surface area contributed by atoms with E-state index in [9.17, 15) is 20.1 Å². The van der Waals surface area contributed by atoms with Gasteiger partial charge < -0.3 is 35.2 Å². The first kappa shape index (κ1) is 17.6. The third-order valence-electron chi connectivity index (χ3n) is 3.60. The fraction of sp³-hybridized carbons (Fsp3) is 0.533. The topological polar surface area (TPSA) is 128 Å². The molecule has 0 spiro atoms. The average Bonchev–Trinajstić information content (AvgIpc) is 2.56. The van der Waals surface area contributed by atoms with Crippen LogP contribution < -0.4 is 5.32 Å². The van der Waals surface area contributed by atoms with E-state index in [4.69, 9.17) is 14.6 Å². The number of rotatable bonds is 5. The average molecular weight is 327 g/mol. The molecule has 5 atom stereocenters. The minimum absolute atomic E-state index is 0.281. The number of ether oxygens (including phenoxy) is 2. The minimum Gasteiger partial charge on any atom is -0.462 e. The van der Waals surface area contributed by atoms with E-state index < -0.39 is 43.2 Å². The van der Waals surface area contributed by atoms with Crippen LogP contribution in [0.1, 0.15) is 17.3 Å². The number of aliphatic hydroxyl groups excluding tert-OH is 4. The van der Waals surface area contributed by atoms with Gasteiger partial charge in [0.2, 0.25) is 0 Å². The smallest absolute Gasteiger partial charge is 0.338 e. The summed E-state index contributed by atoms with van der Waals surface area (Å²) >= 11 is 0. The van der Waals surface area contributed by atoms with Crippen LogP contribution in [-0.2, 0) is 9.47 Å². The van der Waals surface area contributed by atoms with Crippen molar-refractivity contribution in [3.05, 3.63) is 29.8 Å². The van der Waals surface area contributed by atoms with Crippen LogP contribution in [0.3, 0.4) is 0 Å². The Morgan fingerprint density at radius 3 is 2.39 bits per heavy atom. The molecule has 1 aromatic carbocycles. The largest absolute Gasteiger partial charge is 0.462 e. The molecule has 1 saturated heterocycles. The van der Waals surface area contributed by atoms with Gasteiger partial charge in [0.15, 0.2) is 6.23 Å². The first-order chi connectivity index (χ1) is 11.0. The first-order valence-corrected chi connectivity index (χ1v) is 7.32. The highest BCUT2D eigenvalue weighted by atomic mass is 16.6. The molecule has 5 N–H and O–H groups in total. The number of benzene rings is 1. The SMILES string of the molecule is CCOC(=O)c1ccc(N[C@@H]2O[C@@H](CO)[C@@H](O)[C@H](O)[C@H]2O)cc1. The Morgan fingerprint density at radius 2 is 1.83 bits per heavy atom. The molecule has 23 heavy (non-hydrogen) atoms. The summed E-state index contributed by atoms with van der Waals surface area (Å²) in [5.41, 5.74) is 0.911. The number of aliphatic hydroxyl groups is 4. The van der Waals surface area contributed by atoms with E-state index in [0.717, 1.165) is 0 Å². The lowest BCUT2D eigenvalue weighted by Gasteiger charge is -2.40. The van der Waals surface area contributed by atoms with Crippen LogP contribution in [0.5, 0.6) is 0 Å². The van der Waals surface area contributed by atoms with Crippen molar-refractivity contribution < 1.29 is 34.7 Å². The highest BCUT2D eigenvalue weighted by molar-refractivity contribution is 5.89. The quantitative estimate of drug-likeness (QED) is 0.439. The Balaban J connectivity index is 2.04. The first-order valence-electron chi connectivity index (χ1n) is 7.32. The summed E-state index contributed by atoms with van der Waals surface area (Å²) in [5.74, 6) is -0.438. The van der Waals surface area contributed by atoms with Crippen molar-refractivity contribution in [1.82, 2.24) is 0 Å². The summed E-state index contributed by atoms with van der Waals surface area (Å²) in [4.78, 5) is 11.6. The molecule has 1 fully saturated rings. The molecule has 1 aliphatic heterocycles. The molecule has 8 nitrogen and oxygen atoms in total. The van der Waals surface area contributed by atoms with E-state index in [1.807, 2.05) is 0 Å². The monoisotopic (exact) mass is 327 g/mol. The van der Waals surface area contributed by atoms with Gasteiger partial charge in [0.1, 0.15) is 24.4 Å². The number of esters is 1. The maximum atomic E-state index is 11.6. The Labute approximate surface area is 133 Å². The zero-order valence-corrected chi connectivity index (χ0v) is 12.6. The summed E-state index contributed by atoms with van der Waals surface area (Å²) in [5, 5.41) is 41.4.